The van der Waals surface area contributed by atoms with Crippen LogP contribution in [-0.4, -0.2) is 16.6 Å². The molecule has 0 atom stereocenters. The van der Waals surface area contributed by atoms with Gasteiger partial charge in [0.05, 0.1) is 11.5 Å². The topological polar surface area (TPSA) is 93.2 Å². The van der Waals surface area contributed by atoms with Crippen LogP contribution in [0, 0.1) is 17.0 Å². The van der Waals surface area contributed by atoms with Crippen LogP contribution >= 0.6 is 0 Å². The van der Waals surface area contributed by atoms with E-state index in [1.54, 1.807) is 31.2 Å². The van der Waals surface area contributed by atoms with Crippen molar-refractivity contribution in [2.75, 3.05) is 17.2 Å². The molecule has 0 amide bonds. The number of nitro groups is 1. The van der Waals surface area contributed by atoms with Gasteiger partial charge in [-0.25, -0.2) is 0 Å². The third-order valence-electron chi connectivity index (χ3n) is 2.72. The molecule has 0 aliphatic rings. The smallest absolute Gasteiger partial charge is 0.315 e. The van der Waals surface area contributed by atoms with Gasteiger partial charge in [-0.05, 0) is 26.0 Å². The van der Waals surface area contributed by atoms with Crippen LogP contribution in [0.2, 0.25) is 0 Å². The van der Waals surface area contributed by atoms with Crippen LogP contribution in [0.25, 0.3) is 0 Å². The molecule has 20 heavy (non-hydrogen) atoms. The first-order chi connectivity index (χ1) is 9.61. The van der Waals surface area contributed by atoms with Crippen LogP contribution in [0.3, 0.4) is 0 Å². The van der Waals surface area contributed by atoms with Gasteiger partial charge in [0.2, 0.25) is 0 Å². The summed E-state index contributed by atoms with van der Waals surface area (Å²) in [5, 5.41) is 21.1. The quantitative estimate of drug-likeness (QED) is 0.622. The maximum absolute atomic E-state index is 11.2. The predicted octanol–water partition coefficient (Wildman–Crippen LogP) is 2.94. The summed E-state index contributed by atoms with van der Waals surface area (Å²) in [5.74, 6) is 0.706. The van der Waals surface area contributed by atoms with E-state index in [0.717, 1.165) is 0 Å². The first kappa shape index (κ1) is 13.9. The number of nitrogens with zero attached hydrogens (tertiary/aromatic N) is 2. The lowest BCUT2D eigenvalue weighted by atomic mass is 10.2. The number of aromatic nitrogens is 1. The minimum atomic E-state index is -0.394. The molecule has 0 saturated carbocycles. The van der Waals surface area contributed by atoms with E-state index < -0.39 is 4.92 Å². The summed E-state index contributed by atoms with van der Waals surface area (Å²) in [7, 11) is 0. The second-order valence-corrected chi connectivity index (χ2v) is 4.27. The van der Waals surface area contributed by atoms with Gasteiger partial charge < -0.3 is 15.2 Å². The first-order valence-electron chi connectivity index (χ1n) is 6.29. The Morgan fingerprint density at radius 2 is 2.05 bits per heavy atom. The third kappa shape index (κ3) is 3.05. The number of rotatable bonds is 6. The molecule has 7 heteroatoms. The second-order valence-electron chi connectivity index (χ2n) is 4.27. The van der Waals surface area contributed by atoms with Gasteiger partial charge in [0.15, 0.2) is 0 Å². The van der Waals surface area contributed by atoms with Gasteiger partial charge in [0, 0.05) is 12.6 Å². The number of hydrogen-bond donors (Lipinski definition) is 2. The van der Waals surface area contributed by atoms with E-state index in [1.807, 2.05) is 6.92 Å². The lowest BCUT2D eigenvalue weighted by Gasteiger charge is -2.09. The van der Waals surface area contributed by atoms with Crippen LogP contribution in [0.5, 0.6) is 0 Å². The Morgan fingerprint density at radius 1 is 1.35 bits per heavy atom. The fourth-order valence-corrected chi connectivity index (χ4v) is 1.90. The van der Waals surface area contributed by atoms with E-state index in [-0.39, 0.29) is 5.69 Å². The monoisotopic (exact) mass is 276 g/mol. The average molecular weight is 276 g/mol. The van der Waals surface area contributed by atoms with Gasteiger partial charge in [-0.2, -0.15) is 0 Å². The Balaban J connectivity index is 2.22. The molecule has 1 aromatic heterocycles. The summed E-state index contributed by atoms with van der Waals surface area (Å²) in [6.45, 7) is 4.67. The molecular formula is C13H16N4O3. The molecule has 2 rings (SSSR count). The number of benzene rings is 1. The fraction of sp³-hybridized carbons (Fsp3) is 0.308. The van der Waals surface area contributed by atoms with Crippen molar-refractivity contribution >= 4 is 17.1 Å². The zero-order chi connectivity index (χ0) is 14.5. The summed E-state index contributed by atoms with van der Waals surface area (Å²) in [5.41, 5.74) is 1.69. The molecule has 1 heterocycles. The Labute approximate surface area is 116 Å². The maximum atomic E-state index is 11.2. The van der Waals surface area contributed by atoms with Crippen molar-refractivity contribution in [1.29, 1.82) is 0 Å². The molecule has 0 unspecified atom stereocenters. The molecule has 2 aromatic rings. The molecule has 0 saturated heterocycles. The first-order valence-corrected chi connectivity index (χ1v) is 6.29. The van der Waals surface area contributed by atoms with Crippen molar-refractivity contribution in [3.05, 3.63) is 45.8 Å². The second kappa shape index (κ2) is 6.05. The SMILES string of the molecule is CCNc1cccc(NCc2cc(C)on2)c1[N+](=O)[O-]. The van der Waals surface area contributed by atoms with Crippen LogP contribution in [-0.2, 0) is 6.54 Å². The molecule has 0 fully saturated rings. The number of para-hydroxylation sites is 1. The molecule has 1 aromatic carbocycles. The van der Waals surface area contributed by atoms with Gasteiger partial charge in [0.25, 0.3) is 0 Å². The Bertz CT molecular complexity index is 609. The van der Waals surface area contributed by atoms with Crippen LogP contribution < -0.4 is 10.6 Å². The predicted molar refractivity (Wildman–Crippen MR) is 75.8 cm³/mol. The highest BCUT2D eigenvalue weighted by atomic mass is 16.6. The highest BCUT2D eigenvalue weighted by Crippen LogP contribution is 2.32. The van der Waals surface area contributed by atoms with Gasteiger partial charge in [-0.3, -0.25) is 10.1 Å². The lowest BCUT2D eigenvalue weighted by molar-refractivity contribution is -0.383. The summed E-state index contributed by atoms with van der Waals surface area (Å²) < 4.78 is 4.96. The molecule has 7 nitrogen and oxygen atoms in total. The number of aryl methyl sites for hydroxylation is 1. The normalized spacial score (nSPS) is 10.3. The average Bonchev–Trinajstić information content (AvgIpc) is 2.82. The standard InChI is InChI=1S/C13H16N4O3/c1-3-14-11-5-4-6-12(13(11)17(18)19)15-8-10-7-9(2)20-16-10/h4-7,14-15H,3,8H2,1-2H3. The van der Waals surface area contributed by atoms with Crippen molar-refractivity contribution in [2.45, 2.75) is 20.4 Å². The Hall–Kier alpha value is -2.57. The number of nitrogens with one attached hydrogen (secondary N) is 2. The Kier molecular flexibility index (Phi) is 4.19. The highest BCUT2D eigenvalue weighted by Gasteiger charge is 2.19. The maximum Gasteiger partial charge on any atom is 0.315 e. The molecule has 0 aliphatic carbocycles. The minimum absolute atomic E-state index is 0.0366. The molecule has 0 radical (unpaired) electrons. The van der Waals surface area contributed by atoms with Crippen LogP contribution in [0.4, 0.5) is 17.1 Å². The van der Waals surface area contributed by atoms with Crippen molar-refractivity contribution in [3.8, 4) is 0 Å². The largest absolute Gasteiger partial charge is 0.380 e. The van der Waals surface area contributed by atoms with E-state index in [2.05, 4.69) is 15.8 Å². The van der Waals surface area contributed by atoms with Gasteiger partial charge in [-0.1, -0.05) is 11.2 Å². The van der Waals surface area contributed by atoms with Crippen LogP contribution in [0.1, 0.15) is 18.4 Å². The fourth-order valence-electron chi connectivity index (χ4n) is 1.90. The number of hydrogen-bond acceptors (Lipinski definition) is 6. The van der Waals surface area contributed by atoms with Crippen molar-refractivity contribution < 1.29 is 9.45 Å². The van der Waals surface area contributed by atoms with E-state index in [0.29, 0.717) is 35.9 Å². The zero-order valence-corrected chi connectivity index (χ0v) is 11.3. The minimum Gasteiger partial charge on any atom is -0.380 e. The van der Waals surface area contributed by atoms with E-state index in [9.17, 15) is 10.1 Å². The molecule has 2 N–H and O–H groups in total. The van der Waals surface area contributed by atoms with Crippen molar-refractivity contribution in [3.63, 3.8) is 0 Å². The summed E-state index contributed by atoms with van der Waals surface area (Å²) in [6, 6.07) is 6.91. The molecular weight excluding hydrogens is 260 g/mol. The van der Waals surface area contributed by atoms with Crippen molar-refractivity contribution in [2.24, 2.45) is 0 Å². The number of anilines is 2. The summed E-state index contributed by atoms with van der Waals surface area (Å²) >= 11 is 0. The van der Waals surface area contributed by atoms with Gasteiger partial charge >= 0.3 is 5.69 Å². The van der Waals surface area contributed by atoms with E-state index >= 15 is 0 Å². The Morgan fingerprint density at radius 3 is 2.60 bits per heavy atom. The molecule has 0 bridgehead atoms. The van der Waals surface area contributed by atoms with E-state index in [1.165, 1.54) is 0 Å². The van der Waals surface area contributed by atoms with Crippen LogP contribution in [0.15, 0.2) is 28.8 Å². The summed E-state index contributed by atoms with van der Waals surface area (Å²) in [6.07, 6.45) is 0. The third-order valence-corrected chi connectivity index (χ3v) is 2.72. The van der Waals surface area contributed by atoms with Gasteiger partial charge in [-0.15, -0.1) is 0 Å². The summed E-state index contributed by atoms with van der Waals surface area (Å²) in [4.78, 5) is 10.8. The molecule has 0 spiro atoms. The zero-order valence-electron chi connectivity index (χ0n) is 11.3. The number of nitro benzene ring substituents is 1. The highest BCUT2D eigenvalue weighted by molar-refractivity contribution is 5.76. The lowest BCUT2D eigenvalue weighted by Crippen LogP contribution is -2.06. The van der Waals surface area contributed by atoms with E-state index in [4.69, 9.17) is 4.52 Å². The molecule has 106 valence electrons. The molecule has 0 aliphatic heterocycles. The van der Waals surface area contributed by atoms with Crippen molar-refractivity contribution in [1.82, 2.24) is 5.16 Å². The van der Waals surface area contributed by atoms with Gasteiger partial charge in [0.1, 0.15) is 22.8 Å².